The summed E-state index contributed by atoms with van der Waals surface area (Å²) < 4.78 is 0. The van der Waals surface area contributed by atoms with Crippen LogP contribution in [0.1, 0.15) is 44.7 Å². The zero-order valence-electron chi connectivity index (χ0n) is 16.3. The Morgan fingerprint density at radius 3 is 2.62 bits per heavy atom. The van der Waals surface area contributed by atoms with Crippen molar-refractivity contribution in [1.29, 1.82) is 0 Å². The van der Waals surface area contributed by atoms with Gasteiger partial charge in [-0.15, -0.1) is 0 Å². The number of hydrogen-bond donors (Lipinski definition) is 1. The van der Waals surface area contributed by atoms with Crippen molar-refractivity contribution in [2.24, 2.45) is 5.92 Å². The molecule has 0 saturated carbocycles. The van der Waals surface area contributed by atoms with Gasteiger partial charge in [-0.3, -0.25) is 14.5 Å². The number of carbonyl (C=O) groups is 2. The van der Waals surface area contributed by atoms with Crippen molar-refractivity contribution >= 4 is 46.3 Å². The fourth-order valence-corrected chi connectivity index (χ4v) is 4.58. The maximum Gasteiger partial charge on any atom is 0.230 e. The molecule has 4 nitrogen and oxygen atoms in total. The van der Waals surface area contributed by atoms with Gasteiger partial charge >= 0.3 is 0 Å². The van der Waals surface area contributed by atoms with Crippen molar-refractivity contribution < 1.29 is 9.59 Å². The number of hydrogen-bond acceptors (Lipinski definition) is 3. The molecule has 150 valence electrons. The Labute approximate surface area is 180 Å². The van der Waals surface area contributed by atoms with E-state index in [0.29, 0.717) is 27.6 Å². The Hall–Kier alpha value is -2.30. The van der Waals surface area contributed by atoms with Gasteiger partial charge in [0.1, 0.15) is 0 Å². The largest absolute Gasteiger partial charge is 0.357 e. The molecule has 0 saturated heterocycles. The summed E-state index contributed by atoms with van der Waals surface area (Å²) >= 11 is 12.7. The molecule has 1 N–H and O–H groups in total. The number of carbonyl (C=O) groups excluding carboxylic acids is 2. The van der Waals surface area contributed by atoms with Crippen LogP contribution in [0.15, 0.2) is 53.7 Å². The van der Waals surface area contributed by atoms with Crippen molar-refractivity contribution in [1.82, 2.24) is 0 Å². The Morgan fingerprint density at radius 2 is 1.90 bits per heavy atom. The highest BCUT2D eigenvalue weighted by atomic mass is 35.5. The lowest BCUT2D eigenvalue weighted by Crippen LogP contribution is -2.40. The first kappa shape index (κ1) is 20.0. The summed E-state index contributed by atoms with van der Waals surface area (Å²) in [5.41, 5.74) is 3.74. The minimum Gasteiger partial charge on any atom is -0.357 e. The predicted octanol–water partition coefficient (Wildman–Crippen LogP) is 6.16. The Bertz CT molecular complexity index is 1030. The van der Waals surface area contributed by atoms with Gasteiger partial charge in [-0.25, -0.2) is 0 Å². The van der Waals surface area contributed by atoms with Crippen molar-refractivity contribution in [2.45, 2.75) is 39.2 Å². The zero-order valence-corrected chi connectivity index (χ0v) is 17.8. The fourth-order valence-electron chi connectivity index (χ4n) is 4.07. The number of benzene rings is 2. The van der Waals surface area contributed by atoms with Gasteiger partial charge in [0, 0.05) is 33.7 Å². The van der Waals surface area contributed by atoms with Gasteiger partial charge in [-0.05, 0) is 42.7 Å². The lowest BCUT2D eigenvalue weighted by atomic mass is 9.85. The number of para-hydroxylation sites is 2. The van der Waals surface area contributed by atoms with Crippen LogP contribution in [0.3, 0.4) is 0 Å². The summed E-state index contributed by atoms with van der Waals surface area (Å²) in [6.45, 7) is 3.73. The van der Waals surface area contributed by atoms with Crippen LogP contribution in [0.5, 0.6) is 0 Å². The molecule has 1 aliphatic carbocycles. The summed E-state index contributed by atoms with van der Waals surface area (Å²) in [5, 5.41) is 4.39. The molecule has 0 bridgehead atoms. The quantitative estimate of drug-likeness (QED) is 0.623. The van der Waals surface area contributed by atoms with E-state index in [2.05, 4.69) is 5.32 Å². The number of allylic oxidation sites excluding steroid dienone is 1. The molecule has 0 spiro atoms. The highest BCUT2D eigenvalue weighted by Gasteiger charge is 2.40. The molecule has 0 fully saturated rings. The summed E-state index contributed by atoms with van der Waals surface area (Å²) in [7, 11) is 0. The number of anilines is 2. The summed E-state index contributed by atoms with van der Waals surface area (Å²) in [5.74, 6) is -0.274. The van der Waals surface area contributed by atoms with Crippen molar-refractivity contribution in [3.63, 3.8) is 0 Å². The van der Waals surface area contributed by atoms with Crippen molar-refractivity contribution in [3.05, 3.63) is 69.3 Å². The van der Waals surface area contributed by atoms with Gasteiger partial charge < -0.3 is 5.32 Å². The molecule has 29 heavy (non-hydrogen) atoms. The number of nitrogens with zero attached hydrogens (tertiary/aromatic N) is 1. The van der Waals surface area contributed by atoms with E-state index in [1.165, 1.54) is 0 Å². The Kier molecular flexibility index (Phi) is 5.41. The maximum absolute atomic E-state index is 13.5. The van der Waals surface area contributed by atoms with E-state index in [4.69, 9.17) is 23.2 Å². The van der Waals surface area contributed by atoms with E-state index in [9.17, 15) is 9.59 Å². The second-order valence-corrected chi connectivity index (χ2v) is 8.59. The van der Waals surface area contributed by atoms with E-state index in [1.807, 2.05) is 44.2 Å². The molecule has 6 heteroatoms. The van der Waals surface area contributed by atoms with E-state index < -0.39 is 6.04 Å². The van der Waals surface area contributed by atoms with E-state index in [-0.39, 0.29) is 17.6 Å². The van der Waals surface area contributed by atoms with E-state index >= 15 is 0 Å². The van der Waals surface area contributed by atoms with Crippen LogP contribution in [0, 0.1) is 5.92 Å². The number of Topliss-reactive ketones (excluding diaryl/α,β-unsaturated/α-hetero) is 1. The standard InChI is InChI=1S/C23H22Cl2N2O2/c1-13(2)23(29)27-19-8-4-3-6-17(19)26-18-7-5-9-20(28)21(18)22(27)15-11-10-14(24)12-16(15)25/h3-4,6,8,10-13,22,26H,5,7,9H2,1-2H3. The van der Waals surface area contributed by atoms with Gasteiger partial charge in [0.25, 0.3) is 0 Å². The molecule has 0 aromatic heterocycles. The first-order chi connectivity index (χ1) is 13.9. The van der Waals surface area contributed by atoms with Crippen LogP contribution < -0.4 is 10.2 Å². The SMILES string of the molecule is CC(C)C(=O)N1c2ccccc2NC2=C(C(=O)CCC2)C1c1ccc(Cl)cc1Cl. The molecule has 2 aromatic rings. The van der Waals surface area contributed by atoms with Crippen LogP contribution in [0.25, 0.3) is 0 Å². The van der Waals surface area contributed by atoms with Crippen molar-refractivity contribution in [2.75, 3.05) is 10.2 Å². The van der Waals surface area contributed by atoms with Crippen LogP contribution in [0.4, 0.5) is 11.4 Å². The van der Waals surface area contributed by atoms with Gasteiger partial charge in [-0.2, -0.15) is 0 Å². The van der Waals surface area contributed by atoms with Crippen LogP contribution in [-0.2, 0) is 9.59 Å². The number of rotatable bonds is 2. The van der Waals surface area contributed by atoms with E-state index in [1.54, 1.807) is 17.0 Å². The molecule has 2 aromatic carbocycles. The summed E-state index contributed by atoms with van der Waals surface area (Å²) in [4.78, 5) is 28.3. The molecule has 1 atom stereocenters. The molecule has 1 aliphatic heterocycles. The first-order valence-corrected chi connectivity index (χ1v) is 10.5. The van der Waals surface area contributed by atoms with Crippen molar-refractivity contribution in [3.8, 4) is 0 Å². The smallest absolute Gasteiger partial charge is 0.230 e. The van der Waals surface area contributed by atoms with Crippen LogP contribution in [0.2, 0.25) is 10.0 Å². The predicted molar refractivity (Wildman–Crippen MR) is 117 cm³/mol. The van der Waals surface area contributed by atoms with Crippen LogP contribution in [-0.4, -0.2) is 11.7 Å². The minimum absolute atomic E-state index is 0.0455. The number of ketones is 1. The minimum atomic E-state index is -0.603. The molecule has 1 heterocycles. The fraction of sp³-hybridized carbons (Fsp3) is 0.304. The average Bonchev–Trinajstić information content (AvgIpc) is 2.82. The summed E-state index contributed by atoms with van der Waals surface area (Å²) in [6.07, 6.45) is 2.00. The van der Waals surface area contributed by atoms with E-state index in [0.717, 1.165) is 29.9 Å². The lowest BCUT2D eigenvalue weighted by molar-refractivity contribution is -0.121. The third-order valence-corrected chi connectivity index (χ3v) is 5.99. The highest BCUT2D eigenvalue weighted by Crippen LogP contribution is 2.46. The van der Waals surface area contributed by atoms with Crippen LogP contribution >= 0.6 is 23.2 Å². The number of halogens is 2. The third-order valence-electron chi connectivity index (χ3n) is 5.43. The molecule has 2 aliphatic rings. The zero-order chi connectivity index (χ0) is 20.7. The number of nitrogens with one attached hydrogen (secondary N) is 1. The Balaban J connectivity index is 2.04. The van der Waals surface area contributed by atoms with Gasteiger partial charge in [0.2, 0.25) is 5.91 Å². The molecule has 1 amide bonds. The summed E-state index contributed by atoms with van der Waals surface area (Å²) in [6, 6.07) is 12.3. The molecule has 1 unspecified atom stereocenters. The number of amides is 1. The van der Waals surface area contributed by atoms with Gasteiger partial charge in [-0.1, -0.05) is 55.2 Å². The maximum atomic E-state index is 13.5. The highest BCUT2D eigenvalue weighted by molar-refractivity contribution is 6.35. The second kappa shape index (κ2) is 7.85. The number of fused-ring (bicyclic) bond motifs is 1. The third kappa shape index (κ3) is 3.56. The first-order valence-electron chi connectivity index (χ1n) is 9.78. The monoisotopic (exact) mass is 428 g/mol. The molecular formula is C23H22Cl2N2O2. The van der Waals surface area contributed by atoms with Gasteiger partial charge in [0.15, 0.2) is 5.78 Å². The second-order valence-electron chi connectivity index (χ2n) is 7.74. The van der Waals surface area contributed by atoms with Gasteiger partial charge in [0.05, 0.1) is 17.4 Å². The topological polar surface area (TPSA) is 49.4 Å². The molecule has 0 radical (unpaired) electrons. The Morgan fingerprint density at radius 1 is 1.14 bits per heavy atom. The average molecular weight is 429 g/mol. The molecular weight excluding hydrogens is 407 g/mol. The molecule has 4 rings (SSSR count). The lowest BCUT2D eigenvalue weighted by Gasteiger charge is -2.35. The normalized spacial score (nSPS) is 18.9.